The SMILES string of the molecule is CC(/N=C(\C(=C/N)C1=CC=C(OCC(F)(F)F)N(C)C1)c1ccc(C#N)cc1)N1CCC(N)CC1. The number of alkyl halides is 3. The van der Waals surface area contributed by atoms with Gasteiger partial charge in [0.2, 0.25) is 0 Å². The van der Waals surface area contributed by atoms with Gasteiger partial charge in [-0.1, -0.05) is 18.2 Å². The first-order valence-electron chi connectivity index (χ1n) is 11.4. The highest BCUT2D eigenvalue weighted by molar-refractivity contribution is 6.15. The summed E-state index contributed by atoms with van der Waals surface area (Å²) in [7, 11) is 1.65. The Bertz CT molecular complexity index is 1040. The van der Waals surface area contributed by atoms with Crippen LogP contribution in [0.4, 0.5) is 13.2 Å². The molecule has 35 heavy (non-hydrogen) atoms. The van der Waals surface area contributed by atoms with E-state index in [1.165, 1.54) is 12.3 Å². The van der Waals surface area contributed by atoms with Gasteiger partial charge < -0.3 is 21.1 Å². The zero-order valence-corrected chi connectivity index (χ0v) is 19.9. The van der Waals surface area contributed by atoms with Crippen molar-refractivity contribution in [2.75, 3.05) is 33.3 Å². The number of likely N-dealkylation sites (N-methyl/N-ethyl adjacent to an activating group) is 1. The molecule has 1 saturated heterocycles. The van der Waals surface area contributed by atoms with Crippen molar-refractivity contribution in [3.63, 3.8) is 0 Å². The average molecular weight is 489 g/mol. The number of halogens is 3. The third kappa shape index (κ3) is 7.10. The van der Waals surface area contributed by atoms with Crippen molar-refractivity contribution in [1.82, 2.24) is 9.80 Å². The van der Waals surface area contributed by atoms with Gasteiger partial charge in [-0.15, -0.1) is 0 Å². The standard InChI is InChI=1S/C25H31F3N6O/c1-17(34-11-9-21(31)10-12-34)32-24(19-5-3-18(13-29)4-6-19)22(14-30)20-7-8-23(33(2)15-20)35-16-25(26,27)28/h3-8,14,17,21H,9-12,15-16,30-31H2,1-2H3/b22-14-,32-24-. The van der Waals surface area contributed by atoms with Crippen LogP contribution in [0.15, 0.2) is 64.6 Å². The second-order valence-corrected chi connectivity index (χ2v) is 8.71. The summed E-state index contributed by atoms with van der Waals surface area (Å²) in [6.45, 7) is 2.61. The van der Waals surface area contributed by atoms with E-state index < -0.39 is 12.8 Å². The molecule has 2 heterocycles. The van der Waals surface area contributed by atoms with Crippen LogP contribution in [-0.2, 0) is 4.74 Å². The monoisotopic (exact) mass is 488 g/mol. The number of hydrogen-bond donors (Lipinski definition) is 2. The minimum atomic E-state index is -4.42. The number of piperidine rings is 1. The van der Waals surface area contributed by atoms with Crippen molar-refractivity contribution in [3.8, 4) is 6.07 Å². The van der Waals surface area contributed by atoms with E-state index in [2.05, 4.69) is 11.0 Å². The van der Waals surface area contributed by atoms with Crippen molar-refractivity contribution in [3.05, 3.63) is 70.8 Å². The number of rotatable bonds is 7. The minimum absolute atomic E-state index is 0.123. The quantitative estimate of drug-likeness (QED) is 0.571. The van der Waals surface area contributed by atoms with Gasteiger partial charge in [-0.05, 0) is 43.5 Å². The first-order chi connectivity index (χ1) is 16.6. The molecule has 1 aromatic carbocycles. The van der Waals surface area contributed by atoms with Crippen molar-refractivity contribution >= 4 is 5.71 Å². The third-order valence-corrected chi connectivity index (χ3v) is 6.07. The Balaban J connectivity index is 1.94. The number of nitrogens with zero attached hydrogens (tertiary/aromatic N) is 4. The van der Waals surface area contributed by atoms with Crippen molar-refractivity contribution in [2.45, 2.75) is 38.1 Å². The number of likely N-dealkylation sites (tertiary alicyclic amines) is 1. The van der Waals surface area contributed by atoms with Gasteiger partial charge in [-0.25, -0.2) is 0 Å². The maximum Gasteiger partial charge on any atom is 0.422 e. The molecule has 2 aliphatic rings. The molecule has 1 atom stereocenters. The number of allylic oxidation sites excluding steroid dienone is 2. The van der Waals surface area contributed by atoms with Crippen LogP contribution in [0.25, 0.3) is 0 Å². The molecule has 188 valence electrons. The number of hydrogen-bond acceptors (Lipinski definition) is 7. The van der Waals surface area contributed by atoms with Crippen molar-refractivity contribution < 1.29 is 17.9 Å². The van der Waals surface area contributed by atoms with Gasteiger partial charge in [0, 0.05) is 50.1 Å². The maximum absolute atomic E-state index is 12.6. The molecule has 0 amide bonds. The van der Waals surface area contributed by atoms with E-state index in [0.29, 0.717) is 16.8 Å². The lowest BCUT2D eigenvalue weighted by Crippen LogP contribution is -2.43. The van der Waals surface area contributed by atoms with Crippen LogP contribution in [-0.4, -0.2) is 67.2 Å². The Morgan fingerprint density at radius 3 is 2.46 bits per heavy atom. The molecular formula is C25H31F3N6O. The van der Waals surface area contributed by atoms with Crippen LogP contribution >= 0.6 is 0 Å². The lowest BCUT2D eigenvalue weighted by molar-refractivity contribution is -0.169. The molecule has 0 saturated carbocycles. The van der Waals surface area contributed by atoms with Gasteiger partial charge in [-0.3, -0.25) is 9.89 Å². The number of ether oxygens (including phenoxy) is 1. The van der Waals surface area contributed by atoms with Crippen LogP contribution in [0, 0.1) is 11.3 Å². The highest BCUT2D eigenvalue weighted by Gasteiger charge is 2.30. The lowest BCUT2D eigenvalue weighted by Gasteiger charge is -2.33. The van der Waals surface area contributed by atoms with Crippen LogP contribution < -0.4 is 11.5 Å². The predicted octanol–water partition coefficient (Wildman–Crippen LogP) is 3.25. The molecule has 1 fully saturated rings. The van der Waals surface area contributed by atoms with Gasteiger partial charge in [0.25, 0.3) is 0 Å². The fourth-order valence-electron chi connectivity index (χ4n) is 4.08. The molecule has 0 bridgehead atoms. The summed E-state index contributed by atoms with van der Waals surface area (Å²) >= 11 is 0. The molecule has 4 N–H and O–H groups in total. The number of benzene rings is 1. The summed E-state index contributed by atoms with van der Waals surface area (Å²) in [6.07, 6.45) is 1.89. The summed E-state index contributed by atoms with van der Waals surface area (Å²) in [6, 6.07) is 9.38. The van der Waals surface area contributed by atoms with Gasteiger partial charge in [0.05, 0.1) is 23.5 Å². The molecule has 1 unspecified atom stereocenters. The molecular weight excluding hydrogens is 457 g/mol. The zero-order valence-electron chi connectivity index (χ0n) is 19.9. The smallest absolute Gasteiger partial charge is 0.422 e. The normalized spacial score (nSPS) is 19.6. The summed E-state index contributed by atoms with van der Waals surface area (Å²) in [5.74, 6) is 0.123. The van der Waals surface area contributed by atoms with E-state index in [1.54, 1.807) is 30.2 Å². The van der Waals surface area contributed by atoms with Crippen LogP contribution in [0.1, 0.15) is 30.9 Å². The first-order valence-corrected chi connectivity index (χ1v) is 11.4. The van der Waals surface area contributed by atoms with Crippen LogP contribution in [0.5, 0.6) is 0 Å². The zero-order chi connectivity index (χ0) is 25.6. The van der Waals surface area contributed by atoms with E-state index in [9.17, 15) is 18.4 Å². The van der Waals surface area contributed by atoms with E-state index in [4.69, 9.17) is 21.2 Å². The summed E-state index contributed by atoms with van der Waals surface area (Å²) in [4.78, 5) is 8.87. The molecule has 0 aliphatic carbocycles. The average Bonchev–Trinajstić information content (AvgIpc) is 2.83. The Morgan fingerprint density at radius 2 is 1.91 bits per heavy atom. The Morgan fingerprint density at radius 1 is 1.26 bits per heavy atom. The van der Waals surface area contributed by atoms with Gasteiger partial charge in [0.1, 0.15) is 0 Å². The predicted molar refractivity (Wildman–Crippen MR) is 129 cm³/mol. The Hall–Kier alpha value is -3.29. The van der Waals surface area contributed by atoms with E-state index >= 15 is 0 Å². The summed E-state index contributed by atoms with van der Waals surface area (Å²) in [5, 5.41) is 9.18. The van der Waals surface area contributed by atoms with Gasteiger partial charge >= 0.3 is 6.18 Å². The Kier molecular flexibility index (Phi) is 8.59. The Labute approximate surface area is 203 Å². The summed E-state index contributed by atoms with van der Waals surface area (Å²) < 4.78 is 42.7. The first kappa shape index (κ1) is 26.3. The molecule has 1 aromatic rings. The highest BCUT2D eigenvalue weighted by atomic mass is 19.4. The molecule has 0 spiro atoms. The molecule has 10 heteroatoms. The van der Waals surface area contributed by atoms with E-state index in [0.717, 1.165) is 37.1 Å². The second-order valence-electron chi connectivity index (χ2n) is 8.71. The highest BCUT2D eigenvalue weighted by Crippen LogP contribution is 2.26. The second kappa shape index (κ2) is 11.4. The fourth-order valence-corrected chi connectivity index (χ4v) is 4.08. The lowest BCUT2D eigenvalue weighted by atomic mass is 9.94. The molecule has 7 nitrogen and oxygen atoms in total. The topological polar surface area (TPSA) is 104 Å². The minimum Gasteiger partial charge on any atom is -0.469 e. The maximum atomic E-state index is 12.6. The van der Waals surface area contributed by atoms with E-state index in [-0.39, 0.29) is 24.6 Å². The fraction of sp³-hybridized carbons (Fsp3) is 0.440. The van der Waals surface area contributed by atoms with Crippen molar-refractivity contribution in [1.29, 1.82) is 5.26 Å². The number of nitrogens with two attached hydrogens (primary N) is 2. The third-order valence-electron chi connectivity index (χ3n) is 6.07. The largest absolute Gasteiger partial charge is 0.469 e. The number of nitriles is 1. The molecule has 0 radical (unpaired) electrons. The molecule has 3 rings (SSSR count). The van der Waals surface area contributed by atoms with Crippen molar-refractivity contribution in [2.24, 2.45) is 16.5 Å². The van der Waals surface area contributed by atoms with Crippen LogP contribution in [0.2, 0.25) is 0 Å². The van der Waals surface area contributed by atoms with Gasteiger partial charge in [0.15, 0.2) is 12.5 Å². The van der Waals surface area contributed by atoms with Gasteiger partial charge in [-0.2, -0.15) is 18.4 Å². The number of aliphatic imine (C=N–C) groups is 1. The van der Waals surface area contributed by atoms with E-state index in [1.807, 2.05) is 19.1 Å². The molecule has 2 aliphatic heterocycles. The van der Waals surface area contributed by atoms with Crippen LogP contribution in [0.3, 0.4) is 0 Å². The molecule has 0 aromatic heterocycles. The summed E-state index contributed by atoms with van der Waals surface area (Å²) in [5.41, 5.74) is 15.5.